The number of hydrogen-bond donors (Lipinski definition) is 1. The highest BCUT2D eigenvalue weighted by molar-refractivity contribution is 5.79. The number of rotatable bonds is 19. The molecule has 34 heavy (non-hydrogen) atoms. The van der Waals surface area contributed by atoms with Crippen molar-refractivity contribution in [1.82, 2.24) is 9.97 Å². The van der Waals surface area contributed by atoms with E-state index in [4.69, 9.17) is 14.6 Å². The predicted molar refractivity (Wildman–Crippen MR) is 136 cm³/mol. The lowest BCUT2D eigenvalue weighted by atomic mass is 10.0. The normalized spacial score (nSPS) is 11.2. The summed E-state index contributed by atoms with van der Waals surface area (Å²) >= 11 is 0. The molecular weight excluding hydrogens is 428 g/mol. The van der Waals surface area contributed by atoms with Gasteiger partial charge in [-0.1, -0.05) is 62.9 Å². The first-order chi connectivity index (χ1) is 16.7. The summed E-state index contributed by atoms with van der Waals surface area (Å²) < 4.78 is 11.3. The first-order valence-corrected chi connectivity index (χ1v) is 12.7. The lowest BCUT2D eigenvalue weighted by Crippen LogP contribution is -2.02. The van der Waals surface area contributed by atoms with Crippen molar-refractivity contribution in [3.05, 3.63) is 54.4 Å². The lowest BCUT2D eigenvalue weighted by molar-refractivity contribution is -0.131. The van der Waals surface area contributed by atoms with E-state index < -0.39 is 5.97 Å². The minimum atomic E-state index is -0.867. The second-order valence-corrected chi connectivity index (χ2v) is 8.51. The number of benzene rings is 1. The standard InChI is InChI=1S/C28H40N2O4/c1-2-3-19-33-20-11-12-21-34-26-22-29-28(30-23-26)25-17-15-24(16-18-25)13-9-7-5-4-6-8-10-14-27(31)32/h10,14-18,22-23H,2-9,11-13,19-21H2,1H3,(H,31,32)/b14-10+. The van der Waals surface area contributed by atoms with Crippen LogP contribution in [0.2, 0.25) is 0 Å². The average Bonchev–Trinajstić information content (AvgIpc) is 2.85. The Morgan fingerprint density at radius 3 is 2.29 bits per heavy atom. The van der Waals surface area contributed by atoms with Gasteiger partial charge in [-0.3, -0.25) is 0 Å². The van der Waals surface area contributed by atoms with Crippen LogP contribution in [0.1, 0.15) is 76.7 Å². The highest BCUT2D eigenvalue weighted by Crippen LogP contribution is 2.19. The lowest BCUT2D eigenvalue weighted by Gasteiger charge is -2.07. The van der Waals surface area contributed by atoms with Gasteiger partial charge in [-0.05, 0) is 50.5 Å². The summed E-state index contributed by atoms with van der Waals surface area (Å²) in [5.74, 6) is 0.541. The van der Waals surface area contributed by atoms with E-state index in [1.54, 1.807) is 18.5 Å². The molecule has 1 N–H and O–H groups in total. The zero-order valence-corrected chi connectivity index (χ0v) is 20.6. The molecule has 0 radical (unpaired) electrons. The number of aryl methyl sites for hydroxylation is 1. The van der Waals surface area contributed by atoms with Gasteiger partial charge in [0.2, 0.25) is 0 Å². The molecule has 2 aromatic rings. The van der Waals surface area contributed by atoms with Crippen molar-refractivity contribution >= 4 is 5.97 Å². The third-order valence-electron chi connectivity index (χ3n) is 5.53. The van der Waals surface area contributed by atoms with Crippen LogP contribution >= 0.6 is 0 Å². The number of carboxylic acids is 1. The molecule has 0 unspecified atom stereocenters. The summed E-state index contributed by atoms with van der Waals surface area (Å²) in [6.45, 7) is 4.46. The third-order valence-corrected chi connectivity index (χ3v) is 5.53. The molecule has 6 nitrogen and oxygen atoms in total. The fourth-order valence-corrected chi connectivity index (χ4v) is 3.51. The number of ether oxygens (including phenoxy) is 2. The predicted octanol–water partition coefficient (Wildman–Crippen LogP) is 6.64. The number of carboxylic acid groups (broad SMARTS) is 1. The molecular formula is C28H40N2O4. The van der Waals surface area contributed by atoms with E-state index >= 15 is 0 Å². The van der Waals surface area contributed by atoms with Gasteiger partial charge in [-0.2, -0.15) is 0 Å². The van der Waals surface area contributed by atoms with Crippen LogP contribution in [0.25, 0.3) is 11.4 Å². The zero-order valence-electron chi connectivity index (χ0n) is 20.6. The van der Waals surface area contributed by atoms with Gasteiger partial charge < -0.3 is 14.6 Å². The number of aliphatic carboxylic acids is 1. The van der Waals surface area contributed by atoms with E-state index in [0.717, 1.165) is 70.1 Å². The van der Waals surface area contributed by atoms with Gasteiger partial charge in [0.05, 0.1) is 19.0 Å². The van der Waals surface area contributed by atoms with Crippen LogP contribution in [-0.4, -0.2) is 40.9 Å². The minimum Gasteiger partial charge on any atom is -0.490 e. The summed E-state index contributed by atoms with van der Waals surface area (Å²) in [6, 6.07) is 8.47. The van der Waals surface area contributed by atoms with Gasteiger partial charge in [0.15, 0.2) is 11.6 Å². The zero-order chi connectivity index (χ0) is 24.3. The Morgan fingerprint density at radius 2 is 1.56 bits per heavy atom. The molecule has 0 saturated heterocycles. The molecule has 0 aliphatic heterocycles. The topological polar surface area (TPSA) is 81.5 Å². The van der Waals surface area contributed by atoms with Crippen LogP contribution in [0.3, 0.4) is 0 Å². The van der Waals surface area contributed by atoms with Crippen molar-refractivity contribution < 1.29 is 19.4 Å². The van der Waals surface area contributed by atoms with E-state index in [-0.39, 0.29) is 0 Å². The van der Waals surface area contributed by atoms with Gasteiger partial charge in [-0.15, -0.1) is 0 Å². The van der Waals surface area contributed by atoms with Crippen molar-refractivity contribution in [2.24, 2.45) is 0 Å². The maximum absolute atomic E-state index is 10.4. The molecule has 0 aliphatic carbocycles. The Balaban J connectivity index is 1.59. The van der Waals surface area contributed by atoms with Crippen LogP contribution in [0.5, 0.6) is 5.75 Å². The first-order valence-electron chi connectivity index (χ1n) is 12.7. The van der Waals surface area contributed by atoms with Crippen molar-refractivity contribution in [2.45, 2.75) is 77.6 Å². The van der Waals surface area contributed by atoms with Crippen LogP contribution in [0, 0.1) is 0 Å². The summed E-state index contributed by atoms with van der Waals surface area (Å²) in [6.07, 6.45) is 18.4. The Kier molecular flexibility index (Phi) is 14.3. The summed E-state index contributed by atoms with van der Waals surface area (Å²) in [4.78, 5) is 19.3. The summed E-state index contributed by atoms with van der Waals surface area (Å²) in [5, 5.41) is 8.55. The number of nitrogens with zero attached hydrogens (tertiary/aromatic N) is 2. The Bertz CT molecular complexity index is 819. The minimum absolute atomic E-state index is 0.649. The third kappa shape index (κ3) is 12.5. The number of allylic oxidation sites excluding steroid dienone is 1. The van der Waals surface area contributed by atoms with Gasteiger partial charge in [0.25, 0.3) is 0 Å². The molecule has 0 aliphatic rings. The molecule has 1 heterocycles. The van der Waals surface area contributed by atoms with E-state index in [1.165, 1.54) is 30.9 Å². The molecule has 0 spiro atoms. The highest BCUT2D eigenvalue weighted by atomic mass is 16.5. The maximum atomic E-state index is 10.4. The van der Waals surface area contributed by atoms with E-state index in [9.17, 15) is 4.79 Å². The maximum Gasteiger partial charge on any atom is 0.327 e. The largest absolute Gasteiger partial charge is 0.490 e. The van der Waals surface area contributed by atoms with Crippen LogP contribution < -0.4 is 4.74 Å². The van der Waals surface area contributed by atoms with Gasteiger partial charge >= 0.3 is 5.97 Å². The van der Waals surface area contributed by atoms with Crippen LogP contribution in [-0.2, 0) is 16.0 Å². The first kappa shape index (κ1) is 27.5. The van der Waals surface area contributed by atoms with Crippen LogP contribution in [0.4, 0.5) is 0 Å². The van der Waals surface area contributed by atoms with Crippen molar-refractivity contribution in [3.8, 4) is 17.1 Å². The van der Waals surface area contributed by atoms with Gasteiger partial charge in [-0.25, -0.2) is 14.8 Å². The van der Waals surface area contributed by atoms with Gasteiger partial charge in [0.1, 0.15) is 0 Å². The number of carbonyl (C=O) groups is 1. The molecule has 0 amide bonds. The molecule has 186 valence electrons. The SMILES string of the molecule is CCCCOCCCCOc1cnc(-c2ccc(CCCCCCC/C=C/C(=O)O)cc2)nc1. The molecule has 0 atom stereocenters. The second kappa shape index (κ2) is 17.7. The highest BCUT2D eigenvalue weighted by Gasteiger charge is 2.03. The molecule has 2 rings (SSSR count). The van der Waals surface area contributed by atoms with Crippen molar-refractivity contribution in [1.29, 1.82) is 0 Å². The molecule has 0 saturated carbocycles. The summed E-state index contributed by atoms with van der Waals surface area (Å²) in [7, 11) is 0. The fraction of sp³-hybridized carbons (Fsp3) is 0.536. The summed E-state index contributed by atoms with van der Waals surface area (Å²) in [5.41, 5.74) is 2.33. The van der Waals surface area contributed by atoms with Crippen LogP contribution in [0.15, 0.2) is 48.8 Å². The molecule has 1 aromatic heterocycles. The quantitative estimate of drug-likeness (QED) is 0.184. The smallest absolute Gasteiger partial charge is 0.327 e. The molecule has 1 aromatic carbocycles. The molecule has 0 fully saturated rings. The van der Waals surface area contributed by atoms with Crippen molar-refractivity contribution in [3.63, 3.8) is 0 Å². The second-order valence-electron chi connectivity index (χ2n) is 8.51. The van der Waals surface area contributed by atoms with E-state index in [0.29, 0.717) is 18.2 Å². The van der Waals surface area contributed by atoms with Gasteiger partial charge in [0, 0.05) is 24.9 Å². The molecule has 0 bridgehead atoms. The number of unbranched alkanes of at least 4 members (excludes halogenated alkanes) is 7. The van der Waals surface area contributed by atoms with Crippen molar-refractivity contribution in [2.75, 3.05) is 19.8 Å². The monoisotopic (exact) mass is 468 g/mol. The van der Waals surface area contributed by atoms with E-state index in [1.807, 2.05) is 0 Å². The Morgan fingerprint density at radius 1 is 0.882 bits per heavy atom. The number of hydrogen-bond acceptors (Lipinski definition) is 5. The molecule has 6 heteroatoms. The van der Waals surface area contributed by atoms with E-state index in [2.05, 4.69) is 41.2 Å². The fourth-order valence-electron chi connectivity index (χ4n) is 3.51. The Hall–Kier alpha value is -2.73. The number of aromatic nitrogens is 2. The average molecular weight is 469 g/mol. The Labute approximate surface area is 204 Å².